The number of imidazole rings is 1. The number of carbonyl (C=O) groups excluding carboxylic acids is 1. The lowest BCUT2D eigenvalue weighted by Gasteiger charge is -2.39. The normalized spacial score (nSPS) is 16.2. The van der Waals surface area contributed by atoms with Crippen molar-refractivity contribution in [2.75, 3.05) is 19.6 Å². The monoisotopic (exact) mass is 416 g/mol. The lowest BCUT2D eigenvalue weighted by molar-refractivity contribution is -0.134. The van der Waals surface area contributed by atoms with E-state index in [1.54, 1.807) is 0 Å². The number of nitrogens with one attached hydrogen (secondary N) is 1. The van der Waals surface area contributed by atoms with Crippen molar-refractivity contribution in [3.05, 3.63) is 78.2 Å². The molecule has 5 nitrogen and oxygen atoms in total. The molecule has 5 heteroatoms. The summed E-state index contributed by atoms with van der Waals surface area (Å²) in [5.74, 6) is 1.10. The van der Waals surface area contributed by atoms with Crippen LogP contribution in [0.25, 0.3) is 11.3 Å². The SMILES string of the molecule is CC(C)(C)C(c1nc(-c2ccccc2)cn1Cc1ccccc1)N1CCCNCC1=O. The van der Waals surface area contributed by atoms with Gasteiger partial charge in [0.25, 0.3) is 0 Å². The first kappa shape index (κ1) is 21.3. The molecule has 0 aliphatic carbocycles. The summed E-state index contributed by atoms with van der Waals surface area (Å²) in [4.78, 5) is 20.2. The molecule has 1 aromatic heterocycles. The molecule has 3 aromatic rings. The van der Waals surface area contributed by atoms with Crippen LogP contribution >= 0.6 is 0 Å². The van der Waals surface area contributed by atoms with Crippen LogP contribution in [-0.4, -0.2) is 40.0 Å². The average molecular weight is 417 g/mol. The van der Waals surface area contributed by atoms with Crippen molar-refractivity contribution in [1.29, 1.82) is 0 Å². The highest BCUT2D eigenvalue weighted by Crippen LogP contribution is 2.39. The van der Waals surface area contributed by atoms with E-state index in [2.05, 4.69) is 73.3 Å². The predicted molar refractivity (Wildman–Crippen MR) is 125 cm³/mol. The second-order valence-electron chi connectivity index (χ2n) is 9.35. The van der Waals surface area contributed by atoms with Crippen molar-refractivity contribution in [3.63, 3.8) is 0 Å². The highest BCUT2D eigenvalue weighted by molar-refractivity contribution is 5.79. The summed E-state index contributed by atoms with van der Waals surface area (Å²) in [6, 6.07) is 20.6. The van der Waals surface area contributed by atoms with E-state index < -0.39 is 0 Å². The summed E-state index contributed by atoms with van der Waals surface area (Å²) in [7, 11) is 0. The van der Waals surface area contributed by atoms with Gasteiger partial charge in [-0.05, 0) is 23.9 Å². The molecule has 1 fully saturated rings. The number of hydrogen-bond acceptors (Lipinski definition) is 3. The number of aromatic nitrogens is 2. The second kappa shape index (κ2) is 9.06. The fourth-order valence-corrected chi connectivity index (χ4v) is 4.37. The zero-order valence-electron chi connectivity index (χ0n) is 18.7. The minimum Gasteiger partial charge on any atom is -0.331 e. The van der Waals surface area contributed by atoms with Gasteiger partial charge in [0.05, 0.1) is 18.3 Å². The lowest BCUT2D eigenvalue weighted by Crippen LogP contribution is -2.44. The van der Waals surface area contributed by atoms with Gasteiger partial charge in [-0.25, -0.2) is 4.98 Å². The Kier molecular flexibility index (Phi) is 6.23. The van der Waals surface area contributed by atoms with Gasteiger partial charge in [0.1, 0.15) is 5.82 Å². The van der Waals surface area contributed by atoms with Gasteiger partial charge in [0, 0.05) is 24.8 Å². The van der Waals surface area contributed by atoms with Crippen molar-refractivity contribution < 1.29 is 4.79 Å². The van der Waals surface area contributed by atoms with Crippen LogP contribution in [0.3, 0.4) is 0 Å². The molecule has 0 saturated carbocycles. The molecule has 1 N–H and O–H groups in total. The van der Waals surface area contributed by atoms with Gasteiger partial charge in [-0.1, -0.05) is 81.4 Å². The molecule has 31 heavy (non-hydrogen) atoms. The molecule has 1 atom stereocenters. The number of carbonyl (C=O) groups is 1. The maximum absolute atomic E-state index is 13.0. The summed E-state index contributed by atoms with van der Waals surface area (Å²) in [5, 5.41) is 3.25. The molecule has 2 aromatic carbocycles. The van der Waals surface area contributed by atoms with Gasteiger partial charge in [-0.15, -0.1) is 0 Å². The van der Waals surface area contributed by atoms with Crippen LogP contribution in [0.4, 0.5) is 0 Å². The molecular formula is C26H32N4O. The minimum absolute atomic E-state index is 0.110. The maximum Gasteiger partial charge on any atom is 0.237 e. The van der Waals surface area contributed by atoms with Crippen LogP contribution in [-0.2, 0) is 11.3 Å². The molecule has 1 aliphatic rings. The number of amides is 1. The molecule has 1 aliphatic heterocycles. The predicted octanol–water partition coefficient (Wildman–Crippen LogP) is 4.51. The van der Waals surface area contributed by atoms with Crippen molar-refractivity contribution in [3.8, 4) is 11.3 Å². The molecular weight excluding hydrogens is 384 g/mol. The maximum atomic E-state index is 13.0. The fraction of sp³-hybridized carbons (Fsp3) is 0.385. The van der Waals surface area contributed by atoms with Crippen LogP contribution < -0.4 is 5.32 Å². The Labute approximate surface area is 185 Å². The number of rotatable bonds is 5. The third-order valence-corrected chi connectivity index (χ3v) is 5.80. The van der Waals surface area contributed by atoms with Crippen molar-refractivity contribution in [2.45, 2.75) is 39.8 Å². The standard InChI is InChI=1S/C26H32N4O/c1-26(2,3)24(30-16-10-15-27-17-23(30)31)25-28-22(21-13-8-5-9-14-21)19-29(25)18-20-11-6-4-7-12-20/h4-9,11-14,19,24,27H,10,15-18H2,1-3H3. The Morgan fingerprint density at radius 3 is 2.39 bits per heavy atom. The first-order chi connectivity index (χ1) is 14.9. The van der Waals surface area contributed by atoms with Gasteiger partial charge in [0.15, 0.2) is 0 Å². The van der Waals surface area contributed by atoms with E-state index in [-0.39, 0.29) is 17.4 Å². The highest BCUT2D eigenvalue weighted by Gasteiger charge is 2.38. The van der Waals surface area contributed by atoms with Crippen molar-refractivity contribution >= 4 is 5.91 Å². The van der Waals surface area contributed by atoms with E-state index in [4.69, 9.17) is 4.98 Å². The van der Waals surface area contributed by atoms with Gasteiger partial charge in [-0.2, -0.15) is 0 Å². The molecule has 0 radical (unpaired) electrons. The Morgan fingerprint density at radius 2 is 1.71 bits per heavy atom. The van der Waals surface area contributed by atoms with Crippen molar-refractivity contribution in [2.24, 2.45) is 5.41 Å². The summed E-state index contributed by atoms with van der Waals surface area (Å²) in [5.41, 5.74) is 3.10. The fourth-order valence-electron chi connectivity index (χ4n) is 4.37. The van der Waals surface area contributed by atoms with Crippen LogP contribution in [0.2, 0.25) is 0 Å². The summed E-state index contributed by atoms with van der Waals surface area (Å²) in [6.45, 7) is 9.33. The quantitative estimate of drug-likeness (QED) is 0.666. The van der Waals surface area contributed by atoms with E-state index in [9.17, 15) is 4.79 Å². The lowest BCUT2D eigenvalue weighted by atomic mass is 9.84. The smallest absolute Gasteiger partial charge is 0.237 e. The summed E-state index contributed by atoms with van der Waals surface area (Å²) < 4.78 is 2.24. The topological polar surface area (TPSA) is 50.2 Å². The average Bonchev–Trinajstić information content (AvgIpc) is 3.03. The molecule has 0 spiro atoms. The van der Waals surface area contributed by atoms with E-state index in [0.29, 0.717) is 6.54 Å². The highest BCUT2D eigenvalue weighted by atomic mass is 16.2. The minimum atomic E-state index is -0.159. The summed E-state index contributed by atoms with van der Waals surface area (Å²) in [6.07, 6.45) is 3.08. The van der Waals surface area contributed by atoms with Crippen LogP contribution in [0.5, 0.6) is 0 Å². The first-order valence-electron chi connectivity index (χ1n) is 11.1. The zero-order chi connectivity index (χ0) is 21.8. The van der Waals surface area contributed by atoms with E-state index in [0.717, 1.165) is 43.1 Å². The number of nitrogens with zero attached hydrogens (tertiary/aromatic N) is 3. The van der Waals surface area contributed by atoms with Gasteiger partial charge < -0.3 is 14.8 Å². The third-order valence-electron chi connectivity index (χ3n) is 5.80. The number of benzene rings is 2. The molecule has 1 amide bonds. The Bertz CT molecular complexity index is 1000. The molecule has 4 rings (SSSR count). The Hall–Kier alpha value is -2.92. The van der Waals surface area contributed by atoms with Crippen molar-refractivity contribution in [1.82, 2.24) is 19.8 Å². The molecule has 0 bridgehead atoms. The van der Waals surface area contributed by atoms with E-state index >= 15 is 0 Å². The Balaban J connectivity index is 1.82. The van der Waals surface area contributed by atoms with Gasteiger partial charge in [0.2, 0.25) is 5.91 Å². The van der Waals surface area contributed by atoms with Crippen LogP contribution in [0, 0.1) is 5.41 Å². The zero-order valence-corrected chi connectivity index (χ0v) is 18.7. The van der Waals surface area contributed by atoms with E-state index in [1.165, 1.54) is 5.56 Å². The molecule has 162 valence electrons. The second-order valence-corrected chi connectivity index (χ2v) is 9.35. The molecule has 1 saturated heterocycles. The first-order valence-corrected chi connectivity index (χ1v) is 11.1. The largest absolute Gasteiger partial charge is 0.331 e. The molecule has 2 heterocycles. The van der Waals surface area contributed by atoms with Gasteiger partial charge >= 0.3 is 0 Å². The number of hydrogen-bond donors (Lipinski definition) is 1. The van der Waals surface area contributed by atoms with E-state index in [1.807, 2.05) is 29.2 Å². The summed E-state index contributed by atoms with van der Waals surface area (Å²) >= 11 is 0. The molecule has 1 unspecified atom stereocenters. The van der Waals surface area contributed by atoms with Crippen LogP contribution in [0.1, 0.15) is 44.6 Å². The third kappa shape index (κ3) is 4.88. The van der Waals surface area contributed by atoms with Crippen LogP contribution in [0.15, 0.2) is 66.9 Å². The Morgan fingerprint density at radius 1 is 1.03 bits per heavy atom. The van der Waals surface area contributed by atoms with Gasteiger partial charge in [-0.3, -0.25) is 4.79 Å².